The molecule has 0 aliphatic heterocycles. The van der Waals surface area contributed by atoms with Crippen molar-refractivity contribution in [1.82, 2.24) is 0 Å². The van der Waals surface area contributed by atoms with Crippen LogP contribution in [0.5, 0.6) is 0 Å². The lowest BCUT2D eigenvalue weighted by Gasteiger charge is -2.21. The lowest BCUT2D eigenvalue weighted by Crippen LogP contribution is -2.33. The minimum Gasteiger partial charge on any atom is -0.468 e. The van der Waals surface area contributed by atoms with Crippen molar-refractivity contribution in [1.29, 1.82) is 0 Å². The Bertz CT molecular complexity index is 325. The first-order chi connectivity index (χ1) is 7.60. The molecule has 0 fully saturated rings. The second-order valence-corrected chi connectivity index (χ2v) is 3.73. The van der Waals surface area contributed by atoms with Crippen molar-refractivity contribution in [2.24, 2.45) is 11.8 Å². The number of allylic oxidation sites excluding steroid dienone is 4. The van der Waals surface area contributed by atoms with Crippen molar-refractivity contribution in [2.75, 3.05) is 14.2 Å². The first kappa shape index (κ1) is 12.5. The van der Waals surface area contributed by atoms with Crippen LogP contribution in [-0.4, -0.2) is 26.2 Å². The summed E-state index contributed by atoms with van der Waals surface area (Å²) in [6.45, 7) is 1.97. The van der Waals surface area contributed by atoms with Crippen molar-refractivity contribution < 1.29 is 19.1 Å². The van der Waals surface area contributed by atoms with Gasteiger partial charge in [0.15, 0.2) is 5.92 Å². The molecule has 4 heteroatoms. The maximum absolute atomic E-state index is 11.5. The van der Waals surface area contributed by atoms with Crippen molar-refractivity contribution >= 4 is 11.9 Å². The normalized spacial score (nSPS) is 19.2. The molecule has 0 radical (unpaired) electrons. The quantitative estimate of drug-likeness (QED) is 0.538. The zero-order chi connectivity index (χ0) is 12.1. The fourth-order valence-corrected chi connectivity index (χ4v) is 1.69. The van der Waals surface area contributed by atoms with Gasteiger partial charge in [0.1, 0.15) is 0 Å². The average molecular weight is 224 g/mol. The van der Waals surface area contributed by atoms with Gasteiger partial charge in [0.2, 0.25) is 0 Å². The van der Waals surface area contributed by atoms with Crippen LogP contribution in [0.3, 0.4) is 0 Å². The van der Waals surface area contributed by atoms with Crippen LogP contribution in [-0.2, 0) is 19.1 Å². The van der Waals surface area contributed by atoms with E-state index in [2.05, 4.69) is 9.47 Å². The van der Waals surface area contributed by atoms with Gasteiger partial charge in [-0.15, -0.1) is 0 Å². The van der Waals surface area contributed by atoms with Crippen molar-refractivity contribution in [3.05, 3.63) is 23.8 Å². The molecule has 0 saturated carbocycles. The van der Waals surface area contributed by atoms with Crippen LogP contribution in [0.1, 0.15) is 13.3 Å². The third-order valence-corrected chi connectivity index (χ3v) is 2.66. The molecule has 0 aromatic heterocycles. The lowest BCUT2D eigenvalue weighted by atomic mass is 9.85. The molecule has 1 rings (SSSR count). The van der Waals surface area contributed by atoms with Gasteiger partial charge in [-0.05, 0) is 13.3 Å². The van der Waals surface area contributed by atoms with E-state index in [0.717, 1.165) is 5.57 Å². The van der Waals surface area contributed by atoms with Crippen LogP contribution in [0.15, 0.2) is 23.8 Å². The third kappa shape index (κ3) is 2.72. The van der Waals surface area contributed by atoms with Gasteiger partial charge in [0, 0.05) is 5.92 Å². The summed E-state index contributed by atoms with van der Waals surface area (Å²) in [6, 6.07) is 0. The van der Waals surface area contributed by atoms with E-state index < -0.39 is 17.9 Å². The molecule has 0 amide bonds. The zero-order valence-corrected chi connectivity index (χ0v) is 9.73. The van der Waals surface area contributed by atoms with E-state index in [1.165, 1.54) is 14.2 Å². The number of carbonyl (C=O) groups excluding carboxylic acids is 2. The SMILES string of the molecule is COC(=O)C(C(=O)OC)[C@@H]1C=CC(C)=CC1. The van der Waals surface area contributed by atoms with Crippen molar-refractivity contribution in [3.63, 3.8) is 0 Å². The highest BCUT2D eigenvalue weighted by Crippen LogP contribution is 2.25. The van der Waals surface area contributed by atoms with Gasteiger partial charge < -0.3 is 9.47 Å². The Morgan fingerprint density at radius 2 is 1.88 bits per heavy atom. The summed E-state index contributed by atoms with van der Waals surface area (Å²) in [5.41, 5.74) is 1.13. The van der Waals surface area contributed by atoms with Gasteiger partial charge in [0.05, 0.1) is 14.2 Å². The van der Waals surface area contributed by atoms with Crippen molar-refractivity contribution in [2.45, 2.75) is 13.3 Å². The van der Waals surface area contributed by atoms with E-state index in [9.17, 15) is 9.59 Å². The second kappa shape index (κ2) is 5.49. The number of hydrogen-bond acceptors (Lipinski definition) is 4. The molecular weight excluding hydrogens is 208 g/mol. The Kier molecular flexibility index (Phi) is 4.28. The molecule has 88 valence electrons. The van der Waals surface area contributed by atoms with E-state index in [-0.39, 0.29) is 5.92 Å². The fourth-order valence-electron chi connectivity index (χ4n) is 1.69. The van der Waals surface area contributed by atoms with Gasteiger partial charge in [-0.2, -0.15) is 0 Å². The van der Waals surface area contributed by atoms with Crippen LogP contribution in [0.4, 0.5) is 0 Å². The highest BCUT2D eigenvalue weighted by atomic mass is 16.5. The zero-order valence-electron chi connectivity index (χ0n) is 9.73. The van der Waals surface area contributed by atoms with Gasteiger partial charge in [-0.25, -0.2) is 0 Å². The number of methoxy groups -OCH3 is 2. The van der Waals surface area contributed by atoms with E-state index in [1.807, 2.05) is 25.2 Å². The first-order valence-corrected chi connectivity index (χ1v) is 5.10. The summed E-state index contributed by atoms with van der Waals surface area (Å²) in [5.74, 6) is -2.14. The number of ether oxygens (including phenoxy) is 2. The Morgan fingerprint density at radius 1 is 1.31 bits per heavy atom. The van der Waals surface area contributed by atoms with Gasteiger partial charge in [-0.1, -0.05) is 23.8 Å². The summed E-state index contributed by atoms with van der Waals surface area (Å²) >= 11 is 0. The van der Waals surface area contributed by atoms with E-state index in [4.69, 9.17) is 0 Å². The summed E-state index contributed by atoms with van der Waals surface area (Å²) in [6.07, 6.45) is 6.39. The molecule has 1 atom stereocenters. The van der Waals surface area contributed by atoms with Gasteiger partial charge in [0.25, 0.3) is 0 Å². The van der Waals surface area contributed by atoms with Crippen LogP contribution >= 0.6 is 0 Å². The Hall–Kier alpha value is -1.58. The molecule has 0 unspecified atom stereocenters. The average Bonchev–Trinajstić information content (AvgIpc) is 2.31. The minimum absolute atomic E-state index is 0.177. The molecule has 1 aliphatic rings. The summed E-state index contributed by atoms with van der Waals surface area (Å²) in [4.78, 5) is 23.0. The van der Waals surface area contributed by atoms with Crippen LogP contribution < -0.4 is 0 Å². The fraction of sp³-hybridized carbons (Fsp3) is 0.500. The first-order valence-electron chi connectivity index (χ1n) is 5.10. The van der Waals surface area contributed by atoms with Crippen LogP contribution in [0.2, 0.25) is 0 Å². The largest absolute Gasteiger partial charge is 0.468 e. The van der Waals surface area contributed by atoms with Crippen molar-refractivity contribution in [3.8, 4) is 0 Å². The molecule has 16 heavy (non-hydrogen) atoms. The smallest absolute Gasteiger partial charge is 0.320 e. The summed E-state index contributed by atoms with van der Waals surface area (Å²) in [7, 11) is 2.54. The number of hydrogen-bond donors (Lipinski definition) is 0. The lowest BCUT2D eigenvalue weighted by molar-refractivity contribution is -0.160. The van der Waals surface area contributed by atoms with Crippen LogP contribution in [0, 0.1) is 11.8 Å². The van der Waals surface area contributed by atoms with Gasteiger partial charge in [-0.3, -0.25) is 9.59 Å². The third-order valence-electron chi connectivity index (χ3n) is 2.66. The maximum Gasteiger partial charge on any atom is 0.320 e. The number of esters is 2. The summed E-state index contributed by atoms with van der Waals surface area (Å²) < 4.78 is 9.24. The molecule has 0 bridgehead atoms. The Labute approximate surface area is 94.9 Å². The molecular formula is C12H16O4. The van der Waals surface area contributed by atoms with E-state index in [0.29, 0.717) is 6.42 Å². The molecule has 0 spiro atoms. The number of carbonyl (C=O) groups is 2. The van der Waals surface area contributed by atoms with E-state index in [1.54, 1.807) is 0 Å². The standard InChI is InChI=1S/C12H16O4/c1-8-4-6-9(7-5-8)10(11(13)15-2)12(14)16-3/h4-6,9-10H,7H2,1-3H3/t9-/m1/s1. The molecule has 0 saturated heterocycles. The second-order valence-electron chi connectivity index (χ2n) is 3.73. The highest BCUT2D eigenvalue weighted by molar-refractivity contribution is 5.95. The van der Waals surface area contributed by atoms with Crippen LogP contribution in [0.25, 0.3) is 0 Å². The maximum atomic E-state index is 11.5. The summed E-state index contributed by atoms with van der Waals surface area (Å²) in [5, 5.41) is 0. The molecule has 0 N–H and O–H groups in total. The molecule has 0 aromatic carbocycles. The molecule has 0 heterocycles. The highest BCUT2D eigenvalue weighted by Gasteiger charge is 2.35. The van der Waals surface area contributed by atoms with E-state index >= 15 is 0 Å². The van der Waals surface area contributed by atoms with Gasteiger partial charge >= 0.3 is 11.9 Å². The number of rotatable bonds is 3. The monoisotopic (exact) mass is 224 g/mol. The topological polar surface area (TPSA) is 52.6 Å². The predicted molar refractivity (Wildman–Crippen MR) is 58.5 cm³/mol. The molecule has 4 nitrogen and oxygen atoms in total. The molecule has 0 aromatic rings. The molecule has 1 aliphatic carbocycles. The predicted octanol–water partition coefficient (Wildman–Crippen LogP) is 1.47. The minimum atomic E-state index is -0.865. The Balaban J connectivity index is 2.83. The Morgan fingerprint density at radius 3 is 2.25 bits per heavy atom.